The monoisotopic (exact) mass is 349 g/mol. The minimum Gasteiger partial charge on any atom is -0.444 e. The van der Waals surface area contributed by atoms with Gasteiger partial charge in [0.1, 0.15) is 10.7 Å². The summed E-state index contributed by atoms with van der Waals surface area (Å²) in [6, 6.07) is 2.64. The third kappa shape index (κ3) is 3.68. The number of nitrogens with one attached hydrogen (secondary N) is 1. The molecule has 9 heteroatoms. The average Bonchev–Trinajstić information content (AvgIpc) is 2.82. The third-order valence-corrected chi connectivity index (χ3v) is 4.81. The fourth-order valence-electron chi connectivity index (χ4n) is 1.69. The van der Waals surface area contributed by atoms with E-state index in [1.165, 1.54) is 12.1 Å². The summed E-state index contributed by atoms with van der Waals surface area (Å²) in [5, 5.41) is 0.214. The van der Waals surface area contributed by atoms with E-state index in [1.54, 1.807) is 6.20 Å². The number of aromatic nitrogens is 1. The molecule has 3 N–H and O–H groups in total. The van der Waals surface area contributed by atoms with Crippen molar-refractivity contribution in [1.82, 2.24) is 9.71 Å². The van der Waals surface area contributed by atoms with Gasteiger partial charge in [-0.05, 0) is 12.1 Å². The molecule has 2 rings (SSSR count). The van der Waals surface area contributed by atoms with Crippen LogP contribution in [0.25, 0.3) is 0 Å². The Morgan fingerprint density at radius 1 is 1.38 bits per heavy atom. The fraction of sp³-hybridized carbons (Fsp3) is 0.250. The molecular formula is C12H13Cl2N3O3S. The molecule has 114 valence electrons. The summed E-state index contributed by atoms with van der Waals surface area (Å²) in [6.45, 7) is 1.81. The van der Waals surface area contributed by atoms with Crippen molar-refractivity contribution in [3.05, 3.63) is 40.0 Å². The summed E-state index contributed by atoms with van der Waals surface area (Å²) in [4.78, 5) is 3.75. The van der Waals surface area contributed by atoms with E-state index in [1.807, 2.05) is 6.92 Å². The van der Waals surface area contributed by atoms with Crippen molar-refractivity contribution < 1.29 is 12.8 Å². The van der Waals surface area contributed by atoms with Crippen LogP contribution >= 0.6 is 23.2 Å². The van der Waals surface area contributed by atoms with Crippen LogP contribution in [0.15, 0.2) is 27.6 Å². The Labute approximate surface area is 132 Å². The van der Waals surface area contributed by atoms with Gasteiger partial charge in [-0.1, -0.05) is 30.1 Å². The van der Waals surface area contributed by atoms with Gasteiger partial charge in [0, 0.05) is 11.4 Å². The van der Waals surface area contributed by atoms with Crippen molar-refractivity contribution in [3.8, 4) is 0 Å². The lowest BCUT2D eigenvalue weighted by Crippen LogP contribution is -2.24. The topological polar surface area (TPSA) is 98.2 Å². The predicted octanol–water partition coefficient (Wildman–Crippen LogP) is 2.60. The maximum absolute atomic E-state index is 12.2. The van der Waals surface area contributed by atoms with Crippen molar-refractivity contribution in [2.75, 3.05) is 5.73 Å². The number of aryl methyl sites for hydroxylation is 1. The largest absolute Gasteiger partial charge is 0.444 e. The number of sulfonamides is 1. The normalized spacial score (nSPS) is 11.8. The van der Waals surface area contributed by atoms with Gasteiger partial charge in [0.25, 0.3) is 0 Å². The van der Waals surface area contributed by atoms with Gasteiger partial charge in [-0.25, -0.2) is 18.1 Å². The first kappa shape index (κ1) is 16.1. The summed E-state index contributed by atoms with van der Waals surface area (Å²) in [5.41, 5.74) is 5.65. The summed E-state index contributed by atoms with van der Waals surface area (Å²) in [6.07, 6.45) is 2.23. The van der Waals surface area contributed by atoms with Gasteiger partial charge in [-0.3, -0.25) is 0 Å². The predicted molar refractivity (Wildman–Crippen MR) is 80.8 cm³/mol. The number of hydrogen-bond acceptors (Lipinski definition) is 5. The molecule has 21 heavy (non-hydrogen) atoms. The fourth-order valence-corrected chi connectivity index (χ4v) is 3.64. The molecule has 1 aromatic carbocycles. The maximum Gasteiger partial charge on any atom is 0.244 e. The van der Waals surface area contributed by atoms with E-state index in [4.69, 9.17) is 33.4 Å². The van der Waals surface area contributed by atoms with Crippen molar-refractivity contribution in [2.45, 2.75) is 24.8 Å². The van der Waals surface area contributed by atoms with Crippen molar-refractivity contribution in [2.24, 2.45) is 0 Å². The zero-order valence-electron chi connectivity index (χ0n) is 11.1. The molecule has 0 atom stereocenters. The first-order chi connectivity index (χ1) is 9.83. The van der Waals surface area contributed by atoms with Crippen LogP contribution in [0.1, 0.15) is 18.6 Å². The standard InChI is InChI=1S/C12H13Cl2N3O3S/c1-2-8-5-16-11(20-8)6-17-21(18,19)12-9(14)3-7(13)4-10(12)15/h3-5,17H,2,6,15H2,1H3. The van der Waals surface area contributed by atoms with Crippen LogP contribution in [-0.4, -0.2) is 13.4 Å². The molecule has 0 saturated carbocycles. The number of nitrogen functional groups attached to an aromatic ring is 1. The molecule has 0 bridgehead atoms. The number of nitrogens with zero attached hydrogens (tertiary/aromatic N) is 1. The van der Waals surface area contributed by atoms with Gasteiger partial charge in [0.15, 0.2) is 0 Å². The van der Waals surface area contributed by atoms with Crippen LogP contribution in [-0.2, 0) is 23.0 Å². The molecule has 0 spiro atoms. The highest BCUT2D eigenvalue weighted by Gasteiger charge is 2.22. The molecule has 0 aliphatic carbocycles. The molecule has 1 aromatic heterocycles. The van der Waals surface area contributed by atoms with E-state index in [0.29, 0.717) is 12.2 Å². The molecule has 0 saturated heterocycles. The van der Waals surface area contributed by atoms with E-state index in [2.05, 4.69) is 9.71 Å². The van der Waals surface area contributed by atoms with Gasteiger partial charge in [-0.15, -0.1) is 0 Å². The van der Waals surface area contributed by atoms with Crippen LogP contribution < -0.4 is 10.5 Å². The lowest BCUT2D eigenvalue weighted by molar-refractivity contribution is 0.452. The van der Waals surface area contributed by atoms with Crippen molar-refractivity contribution in [1.29, 1.82) is 0 Å². The van der Waals surface area contributed by atoms with E-state index in [-0.39, 0.29) is 33.1 Å². The quantitative estimate of drug-likeness (QED) is 0.808. The number of nitrogens with two attached hydrogens (primary N) is 1. The lowest BCUT2D eigenvalue weighted by atomic mass is 10.3. The van der Waals surface area contributed by atoms with E-state index < -0.39 is 10.0 Å². The second-order valence-corrected chi connectivity index (χ2v) is 6.75. The van der Waals surface area contributed by atoms with Gasteiger partial charge in [0.2, 0.25) is 15.9 Å². The summed E-state index contributed by atoms with van der Waals surface area (Å²) in [7, 11) is -3.90. The summed E-state index contributed by atoms with van der Waals surface area (Å²) >= 11 is 11.7. The summed E-state index contributed by atoms with van der Waals surface area (Å²) in [5.74, 6) is 0.937. The molecule has 0 fully saturated rings. The van der Waals surface area contributed by atoms with Crippen LogP contribution in [0, 0.1) is 0 Å². The van der Waals surface area contributed by atoms with E-state index >= 15 is 0 Å². The Bertz CT molecular complexity index is 736. The average molecular weight is 350 g/mol. The minimum atomic E-state index is -3.90. The molecule has 6 nitrogen and oxygen atoms in total. The zero-order valence-corrected chi connectivity index (χ0v) is 13.4. The van der Waals surface area contributed by atoms with Gasteiger partial charge < -0.3 is 10.2 Å². The van der Waals surface area contributed by atoms with Gasteiger partial charge >= 0.3 is 0 Å². The molecule has 0 unspecified atom stereocenters. The van der Waals surface area contributed by atoms with Crippen LogP contribution in [0.3, 0.4) is 0 Å². The van der Waals surface area contributed by atoms with Crippen LogP contribution in [0.5, 0.6) is 0 Å². The SMILES string of the molecule is CCc1cnc(CNS(=O)(=O)c2c(N)cc(Cl)cc2Cl)o1. The molecule has 0 radical (unpaired) electrons. The number of rotatable bonds is 5. The van der Waals surface area contributed by atoms with Crippen LogP contribution in [0.2, 0.25) is 10.0 Å². The minimum absolute atomic E-state index is 0.0262. The second-order valence-electron chi connectivity index (χ2n) is 4.20. The zero-order chi connectivity index (χ0) is 15.6. The molecule has 1 heterocycles. The molecule has 2 aromatic rings. The van der Waals surface area contributed by atoms with Gasteiger partial charge in [0.05, 0.1) is 23.5 Å². The number of hydrogen-bond donors (Lipinski definition) is 2. The highest BCUT2D eigenvalue weighted by Crippen LogP contribution is 2.31. The first-order valence-corrected chi connectivity index (χ1v) is 8.25. The molecule has 0 aliphatic heterocycles. The van der Waals surface area contributed by atoms with E-state index in [9.17, 15) is 8.42 Å². The van der Waals surface area contributed by atoms with Gasteiger partial charge in [-0.2, -0.15) is 0 Å². The number of oxazole rings is 1. The smallest absolute Gasteiger partial charge is 0.244 e. The number of anilines is 1. The highest BCUT2D eigenvalue weighted by atomic mass is 35.5. The third-order valence-electron chi connectivity index (χ3n) is 2.67. The number of benzene rings is 1. The maximum atomic E-state index is 12.2. The highest BCUT2D eigenvalue weighted by molar-refractivity contribution is 7.89. The number of halogens is 2. The molecular weight excluding hydrogens is 337 g/mol. The van der Waals surface area contributed by atoms with Crippen LogP contribution in [0.4, 0.5) is 5.69 Å². The van der Waals surface area contributed by atoms with E-state index in [0.717, 1.165) is 0 Å². The Balaban J connectivity index is 2.23. The Morgan fingerprint density at radius 2 is 2.10 bits per heavy atom. The summed E-state index contributed by atoms with van der Waals surface area (Å²) < 4.78 is 32.2. The first-order valence-electron chi connectivity index (χ1n) is 6.01. The Morgan fingerprint density at radius 3 is 2.67 bits per heavy atom. The van der Waals surface area contributed by atoms with Crippen molar-refractivity contribution in [3.63, 3.8) is 0 Å². The lowest BCUT2D eigenvalue weighted by Gasteiger charge is -2.10. The second kappa shape index (κ2) is 6.23. The Hall–Kier alpha value is -1.28. The Kier molecular flexibility index (Phi) is 4.77. The molecule has 0 aliphatic rings. The molecule has 0 amide bonds. The van der Waals surface area contributed by atoms with Crippen molar-refractivity contribution >= 4 is 38.9 Å².